The molecule has 150 valence electrons. The monoisotopic (exact) mass is 380 g/mol. The van der Waals surface area contributed by atoms with Gasteiger partial charge in [0.1, 0.15) is 5.75 Å². The van der Waals surface area contributed by atoms with Crippen molar-refractivity contribution in [2.45, 2.75) is 57.7 Å². The summed E-state index contributed by atoms with van der Waals surface area (Å²) in [6, 6.07) is 16.8. The van der Waals surface area contributed by atoms with Crippen molar-refractivity contribution in [3.63, 3.8) is 0 Å². The van der Waals surface area contributed by atoms with Gasteiger partial charge >= 0.3 is 0 Å². The topological polar surface area (TPSA) is 38.7 Å². The Morgan fingerprint density at radius 3 is 2.61 bits per heavy atom. The molecule has 0 spiro atoms. The first-order valence-corrected chi connectivity index (χ1v) is 10.4. The van der Waals surface area contributed by atoms with Gasteiger partial charge in [0.05, 0.1) is 26.4 Å². The number of ether oxygens (including phenoxy) is 2. The molecule has 3 heteroatoms. The zero-order chi connectivity index (χ0) is 19.8. The fourth-order valence-electron chi connectivity index (χ4n) is 5.79. The zero-order valence-corrected chi connectivity index (χ0v) is 17.3. The van der Waals surface area contributed by atoms with Crippen LogP contribution in [0.5, 0.6) is 5.75 Å². The summed E-state index contributed by atoms with van der Waals surface area (Å²) in [4.78, 5) is 0. The highest BCUT2D eigenvalue weighted by Crippen LogP contribution is 2.57. The minimum Gasteiger partial charge on any atom is -0.497 e. The molecule has 0 unspecified atom stereocenters. The maximum atomic E-state index is 11.0. The van der Waals surface area contributed by atoms with Gasteiger partial charge in [-0.25, -0.2) is 0 Å². The molecule has 0 amide bonds. The van der Waals surface area contributed by atoms with Gasteiger partial charge in [-0.05, 0) is 65.8 Å². The second kappa shape index (κ2) is 7.53. The van der Waals surface area contributed by atoms with E-state index in [1.165, 1.54) is 16.7 Å². The molecule has 0 radical (unpaired) electrons. The van der Waals surface area contributed by atoms with Crippen LogP contribution in [0, 0.1) is 11.3 Å². The minimum absolute atomic E-state index is 0.0734. The molecule has 3 nitrogen and oxygen atoms in total. The van der Waals surface area contributed by atoms with Crippen LogP contribution in [-0.2, 0) is 23.2 Å². The van der Waals surface area contributed by atoms with Crippen molar-refractivity contribution in [2.75, 3.05) is 13.7 Å². The fourth-order valence-corrected chi connectivity index (χ4v) is 5.79. The molecule has 28 heavy (non-hydrogen) atoms. The van der Waals surface area contributed by atoms with Gasteiger partial charge in [0.2, 0.25) is 0 Å². The third-order valence-electron chi connectivity index (χ3n) is 7.42. The molecule has 4 atom stereocenters. The summed E-state index contributed by atoms with van der Waals surface area (Å²) < 4.78 is 11.6. The van der Waals surface area contributed by atoms with Crippen LogP contribution in [0.25, 0.3) is 0 Å². The van der Waals surface area contributed by atoms with Crippen LogP contribution in [0.3, 0.4) is 0 Å². The maximum absolute atomic E-state index is 11.0. The lowest BCUT2D eigenvalue weighted by molar-refractivity contribution is -0.127. The van der Waals surface area contributed by atoms with Crippen molar-refractivity contribution in [3.8, 4) is 5.75 Å². The number of rotatable bonds is 5. The van der Waals surface area contributed by atoms with Crippen molar-refractivity contribution < 1.29 is 14.6 Å². The number of fused-ring (bicyclic) bond motifs is 3. The van der Waals surface area contributed by atoms with Crippen molar-refractivity contribution >= 4 is 0 Å². The number of aliphatic hydroxyl groups is 1. The molecule has 0 heterocycles. The third-order valence-corrected chi connectivity index (χ3v) is 7.42. The summed E-state index contributed by atoms with van der Waals surface area (Å²) in [7, 11) is 1.73. The van der Waals surface area contributed by atoms with Gasteiger partial charge in [-0.15, -0.1) is 0 Å². The van der Waals surface area contributed by atoms with Crippen molar-refractivity contribution in [1.29, 1.82) is 0 Å². The molecule has 1 saturated carbocycles. The number of aryl methyl sites for hydroxylation is 1. The Hall–Kier alpha value is -1.84. The summed E-state index contributed by atoms with van der Waals surface area (Å²) in [5.41, 5.74) is 3.86. The number of hydrogen-bond acceptors (Lipinski definition) is 3. The second-order valence-corrected chi connectivity index (χ2v) is 9.07. The lowest BCUT2D eigenvalue weighted by Crippen LogP contribution is -2.57. The average Bonchev–Trinajstić information content (AvgIpc) is 2.71. The second-order valence-electron chi connectivity index (χ2n) is 9.07. The molecule has 1 N–H and O–H groups in total. The Kier molecular flexibility index (Phi) is 5.24. The lowest BCUT2D eigenvalue weighted by Gasteiger charge is -2.57. The summed E-state index contributed by atoms with van der Waals surface area (Å²) in [5.74, 6) is 1.34. The van der Waals surface area contributed by atoms with Gasteiger partial charge in [-0.3, -0.25) is 0 Å². The first-order valence-electron chi connectivity index (χ1n) is 10.4. The van der Waals surface area contributed by atoms with E-state index < -0.39 is 0 Å². The Morgan fingerprint density at radius 2 is 1.86 bits per heavy atom. The van der Waals surface area contributed by atoms with Gasteiger partial charge in [0, 0.05) is 5.41 Å². The van der Waals surface area contributed by atoms with E-state index >= 15 is 0 Å². The van der Waals surface area contributed by atoms with E-state index in [4.69, 9.17) is 9.47 Å². The van der Waals surface area contributed by atoms with Gasteiger partial charge in [0.15, 0.2) is 0 Å². The van der Waals surface area contributed by atoms with Crippen LogP contribution in [0.15, 0.2) is 48.5 Å². The lowest BCUT2D eigenvalue weighted by atomic mass is 9.49. The summed E-state index contributed by atoms with van der Waals surface area (Å²) in [5, 5.41) is 11.0. The highest BCUT2D eigenvalue weighted by molar-refractivity contribution is 5.43. The van der Waals surface area contributed by atoms with Gasteiger partial charge in [-0.2, -0.15) is 0 Å². The predicted octanol–water partition coefficient (Wildman–Crippen LogP) is 4.89. The van der Waals surface area contributed by atoms with E-state index in [2.05, 4.69) is 44.2 Å². The highest BCUT2D eigenvalue weighted by Gasteiger charge is 2.55. The molecule has 0 aromatic heterocycles. The van der Waals surface area contributed by atoms with E-state index in [0.29, 0.717) is 19.1 Å². The van der Waals surface area contributed by atoms with E-state index in [9.17, 15) is 5.11 Å². The highest BCUT2D eigenvalue weighted by atomic mass is 16.5. The molecule has 2 aromatic carbocycles. The summed E-state index contributed by atoms with van der Waals surface area (Å²) in [6.07, 6.45) is 3.64. The molecule has 4 rings (SSSR count). The summed E-state index contributed by atoms with van der Waals surface area (Å²) >= 11 is 0. The molecule has 2 aromatic rings. The Bertz CT molecular complexity index is 818. The molecule has 2 aliphatic rings. The first-order chi connectivity index (χ1) is 13.5. The molecule has 0 bridgehead atoms. The van der Waals surface area contributed by atoms with Crippen molar-refractivity contribution in [2.24, 2.45) is 11.3 Å². The standard InChI is InChI=1S/C25H32O3/c1-24-14-13-23(26)25(2,17-28-16-18-7-5-4-6-8-18)22(24)12-9-19-15-20(27-3)10-11-21(19)24/h4-8,10-11,15,22-23,26H,9,12-14,16-17H2,1-3H3/t22-,23+,24-,25-/m0/s1. The number of hydrogen-bond donors (Lipinski definition) is 1. The first kappa shape index (κ1) is 19.5. The molecule has 0 saturated heterocycles. The van der Waals surface area contributed by atoms with E-state index in [1.807, 2.05) is 18.2 Å². The van der Waals surface area contributed by atoms with Gasteiger partial charge in [0.25, 0.3) is 0 Å². The SMILES string of the molecule is COc1ccc2c(c1)CC[C@@H]1[C@](C)(COCc3ccccc3)[C@H](O)CC[C@@]21C. The minimum atomic E-state index is -0.318. The Labute approximate surface area is 168 Å². The van der Waals surface area contributed by atoms with E-state index in [1.54, 1.807) is 7.11 Å². The van der Waals surface area contributed by atoms with Crippen LogP contribution in [-0.4, -0.2) is 24.9 Å². The zero-order valence-electron chi connectivity index (χ0n) is 17.3. The van der Waals surface area contributed by atoms with Crippen molar-refractivity contribution in [1.82, 2.24) is 0 Å². The van der Waals surface area contributed by atoms with Gasteiger partial charge in [-0.1, -0.05) is 50.2 Å². The van der Waals surface area contributed by atoms with Crippen molar-refractivity contribution in [3.05, 3.63) is 65.2 Å². The van der Waals surface area contributed by atoms with Gasteiger partial charge < -0.3 is 14.6 Å². The van der Waals surface area contributed by atoms with Crippen LogP contribution in [0.2, 0.25) is 0 Å². The number of methoxy groups -OCH3 is 1. The van der Waals surface area contributed by atoms with E-state index in [-0.39, 0.29) is 16.9 Å². The summed E-state index contributed by atoms with van der Waals surface area (Å²) in [6.45, 7) is 5.82. The van der Waals surface area contributed by atoms with Crippen LogP contribution < -0.4 is 4.74 Å². The van der Waals surface area contributed by atoms with Crippen LogP contribution in [0.4, 0.5) is 0 Å². The molecule has 2 aliphatic carbocycles. The molecule has 1 fully saturated rings. The average molecular weight is 381 g/mol. The smallest absolute Gasteiger partial charge is 0.119 e. The number of benzene rings is 2. The largest absolute Gasteiger partial charge is 0.497 e. The van der Waals surface area contributed by atoms with Crippen LogP contribution >= 0.6 is 0 Å². The normalized spacial score (nSPS) is 31.7. The molecule has 0 aliphatic heterocycles. The van der Waals surface area contributed by atoms with E-state index in [0.717, 1.165) is 31.4 Å². The third kappa shape index (κ3) is 3.25. The fraction of sp³-hybridized carbons (Fsp3) is 0.520. The Balaban J connectivity index is 1.58. The Morgan fingerprint density at radius 1 is 1.07 bits per heavy atom. The molecular formula is C25H32O3. The number of aliphatic hydroxyl groups excluding tert-OH is 1. The van der Waals surface area contributed by atoms with Crippen LogP contribution in [0.1, 0.15) is 49.8 Å². The predicted molar refractivity (Wildman–Crippen MR) is 112 cm³/mol. The molecular weight excluding hydrogens is 348 g/mol. The maximum Gasteiger partial charge on any atom is 0.119 e. The quantitative estimate of drug-likeness (QED) is 0.802.